The molecule has 1 saturated heterocycles. The van der Waals surface area contributed by atoms with Crippen LogP contribution < -0.4 is 5.90 Å². The summed E-state index contributed by atoms with van der Waals surface area (Å²) in [6, 6.07) is 1.18. The molecule has 1 aliphatic heterocycles. The molecule has 0 unspecified atom stereocenters. The third-order valence-corrected chi connectivity index (χ3v) is 2.37. The molecule has 0 radical (unpaired) electrons. The van der Waals surface area contributed by atoms with Gasteiger partial charge in [-0.2, -0.15) is 0 Å². The maximum atomic E-state index is 5.04. The number of hydrogen-bond acceptors (Lipinski definition) is 3. The molecule has 1 heterocycles. The van der Waals surface area contributed by atoms with Crippen molar-refractivity contribution in [2.45, 2.75) is 38.8 Å². The Hall–Kier alpha value is -0.120. The number of hydrogen-bond donors (Lipinski definition) is 1. The minimum Gasteiger partial charge on any atom is -0.303 e. The van der Waals surface area contributed by atoms with Gasteiger partial charge in [0.1, 0.15) is 0 Å². The summed E-state index contributed by atoms with van der Waals surface area (Å²) in [4.78, 5) is 7.12. The minimum atomic E-state index is 0.556. The van der Waals surface area contributed by atoms with Crippen LogP contribution in [0.3, 0.4) is 0 Å². The quantitative estimate of drug-likeness (QED) is 0.616. The molecule has 0 aromatic carbocycles. The molecule has 0 aromatic heterocycles. The first-order valence-electron chi connectivity index (χ1n) is 4.33. The van der Waals surface area contributed by atoms with Crippen molar-refractivity contribution in [2.75, 3.05) is 13.2 Å². The van der Waals surface area contributed by atoms with Crippen molar-refractivity contribution in [1.29, 1.82) is 0 Å². The average Bonchev–Trinajstić information content (AvgIpc) is 2.36. The highest BCUT2D eigenvalue weighted by atomic mass is 16.6. The van der Waals surface area contributed by atoms with E-state index in [1.807, 2.05) is 0 Å². The molecule has 66 valence electrons. The van der Waals surface area contributed by atoms with Crippen LogP contribution in [0.1, 0.15) is 26.7 Å². The lowest BCUT2D eigenvalue weighted by atomic mass is 10.2. The first-order chi connectivity index (χ1) is 5.25. The Morgan fingerprint density at radius 2 is 2.36 bits per heavy atom. The normalized spacial score (nSPS) is 26.7. The highest BCUT2D eigenvalue weighted by Gasteiger charge is 2.25. The van der Waals surface area contributed by atoms with Gasteiger partial charge in [-0.25, -0.2) is 5.90 Å². The molecule has 0 bridgehead atoms. The summed E-state index contributed by atoms with van der Waals surface area (Å²) < 4.78 is 0. The van der Waals surface area contributed by atoms with Crippen molar-refractivity contribution < 1.29 is 4.84 Å². The number of rotatable bonds is 3. The van der Waals surface area contributed by atoms with Gasteiger partial charge in [-0.3, -0.25) is 4.90 Å². The predicted octanol–water partition coefficient (Wildman–Crippen LogP) is 0.750. The first kappa shape index (κ1) is 8.97. The Morgan fingerprint density at radius 3 is 2.91 bits per heavy atom. The van der Waals surface area contributed by atoms with Crippen LogP contribution in [-0.2, 0) is 4.84 Å². The van der Waals surface area contributed by atoms with Crippen LogP contribution >= 0.6 is 0 Å². The van der Waals surface area contributed by atoms with Crippen molar-refractivity contribution in [1.82, 2.24) is 4.90 Å². The fourth-order valence-corrected chi connectivity index (χ4v) is 1.83. The van der Waals surface area contributed by atoms with Crippen LogP contribution in [-0.4, -0.2) is 30.1 Å². The fraction of sp³-hybridized carbons (Fsp3) is 1.00. The van der Waals surface area contributed by atoms with E-state index in [0.717, 1.165) is 0 Å². The summed E-state index contributed by atoms with van der Waals surface area (Å²) in [5, 5.41) is 0. The number of nitrogens with zero attached hydrogens (tertiary/aromatic N) is 1. The maximum absolute atomic E-state index is 5.04. The largest absolute Gasteiger partial charge is 0.303 e. The molecule has 0 amide bonds. The summed E-state index contributed by atoms with van der Waals surface area (Å²) in [6.07, 6.45) is 2.52. The van der Waals surface area contributed by atoms with Crippen molar-refractivity contribution in [3.63, 3.8) is 0 Å². The van der Waals surface area contributed by atoms with Crippen LogP contribution in [0.4, 0.5) is 0 Å². The SMILES string of the molecule is CC(C)N1CCC[C@H]1CON. The third-order valence-electron chi connectivity index (χ3n) is 2.37. The molecule has 1 rings (SSSR count). The lowest BCUT2D eigenvalue weighted by Crippen LogP contribution is -2.38. The molecule has 1 aliphatic rings. The second-order valence-electron chi connectivity index (χ2n) is 3.46. The second kappa shape index (κ2) is 4.04. The zero-order valence-electron chi connectivity index (χ0n) is 7.42. The highest BCUT2D eigenvalue weighted by molar-refractivity contribution is 4.80. The van der Waals surface area contributed by atoms with Gasteiger partial charge in [0.15, 0.2) is 0 Å². The summed E-state index contributed by atoms with van der Waals surface area (Å²) in [7, 11) is 0. The first-order valence-corrected chi connectivity index (χ1v) is 4.33. The molecule has 0 spiro atoms. The van der Waals surface area contributed by atoms with Gasteiger partial charge in [0.05, 0.1) is 6.61 Å². The Kier molecular flexibility index (Phi) is 3.30. The van der Waals surface area contributed by atoms with Crippen LogP contribution in [0.25, 0.3) is 0 Å². The van der Waals surface area contributed by atoms with Gasteiger partial charge in [0, 0.05) is 12.1 Å². The van der Waals surface area contributed by atoms with Gasteiger partial charge in [0.2, 0.25) is 0 Å². The molecule has 1 fully saturated rings. The molecule has 3 nitrogen and oxygen atoms in total. The molecule has 2 N–H and O–H groups in total. The molecule has 0 saturated carbocycles. The average molecular weight is 158 g/mol. The lowest BCUT2D eigenvalue weighted by molar-refractivity contribution is 0.0661. The number of nitrogens with two attached hydrogens (primary N) is 1. The van der Waals surface area contributed by atoms with E-state index in [1.54, 1.807) is 0 Å². The Morgan fingerprint density at radius 1 is 1.64 bits per heavy atom. The molecule has 11 heavy (non-hydrogen) atoms. The third kappa shape index (κ3) is 2.15. The van der Waals surface area contributed by atoms with E-state index in [1.165, 1.54) is 19.4 Å². The van der Waals surface area contributed by atoms with E-state index in [2.05, 4.69) is 23.6 Å². The summed E-state index contributed by atoms with van der Waals surface area (Å²) >= 11 is 0. The lowest BCUT2D eigenvalue weighted by Gasteiger charge is -2.27. The van der Waals surface area contributed by atoms with Crippen molar-refractivity contribution in [3.05, 3.63) is 0 Å². The molecule has 3 heteroatoms. The van der Waals surface area contributed by atoms with E-state index in [0.29, 0.717) is 18.7 Å². The zero-order chi connectivity index (χ0) is 8.27. The zero-order valence-corrected chi connectivity index (χ0v) is 7.42. The molecule has 0 aromatic rings. The van der Waals surface area contributed by atoms with Gasteiger partial charge in [-0.1, -0.05) is 0 Å². The summed E-state index contributed by atoms with van der Waals surface area (Å²) in [5.74, 6) is 5.04. The maximum Gasteiger partial charge on any atom is 0.0834 e. The smallest absolute Gasteiger partial charge is 0.0834 e. The van der Waals surface area contributed by atoms with Gasteiger partial charge < -0.3 is 4.84 Å². The topological polar surface area (TPSA) is 38.5 Å². The second-order valence-corrected chi connectivity index (χ2v) is 3.46. The fourth-order valence-electron chi connectivity index (χ4n) is 1.83. The summed E-state index contributed by atoms with van der Waals surface area (Å²) in [6.45, 7) is 6.31. The van der Waals surface area contributed by atoms with Crippen molar-refractivity contribution in [2.24, 2.45) is 5.90 Å². The van der Waals surface area contributed by atoms with Crippen LogP contribution in [0.15, 0.2) is 0 Å². The monoisotopic (exact) mass is 158 g/mol. The van der Waals surface area contributed by atoms with Crippen LogP contribution in [0.2, 0.25) is 0 Å². The Labute approximate surface area is 68.5 Å². The van der Waals surface area contributed by atoms with E-state index >= 15 is 0 Å². The van der Waals surface area contributed by atoms with E-state index in [9.17, 15) is 0 Å². The van der Waals surface area contributed by atoms with E-state index in [4.69, 9.17) is 5.90 Å². The van der Waals surface area contributed by atoms with Gasteiger partial charge in [-0.15, -0.1) is 0 Å². The molecular formula is C8H18N2O. The highest BCUT2D eigenvalue weighted by Crippen LogP contribution is 2.19. The Balaban J connectivity index is 2.37. The van der Waals surface area contributed by atoms with Gasteiger partial charge >= 0.3 is 0 Å². The molecule has 1 atom stereocenters. The Bertz CT molecular complexity index is 117. The van der Waals surface area contributed by atoms with Gasteiger partial charge in [0.25, 0.3) is 0 Å². The minimum absolute atomic E-state index is 0.556. The predicted molar refractivity (Wildman–Crippen MR) is 45.0 cm³/mol. The number of likely N-dealkylation sites (tertiary alicyclic amines) is 1. The molecule has 0 aliphatic carbocycles. The van der Waals surface area contributed by atoms with Crippen molar-refractivity contribution >= 4 is 0 Å². The van der Waals surface area contributed by atoms with Crippen LogP contribution in [0, 0.1) is 0 Å². The summed E-state index contributed by atoms with van der Waals surface area (Å²) in [5.41, 5.74) is 0. The van der Waals surface area contributed by atoms with E-state index in [-0.39, 0.29) is 0 Å². The standard InChI is InChI=1S/C8H18N2O/c1-7(2)10-5-3-4-8(10)6-11-9/h7-8H,3-6,9H2,1-2H3/t8-/m0/s1. The van der Waals surface area contributed by atoms with Crippen molar-refractivity contribution in [3.8, 4) is 0 Å². The van der Waals surface area contributed by atoms with Crippen LogP contribution in [0.5, 0.6) is 0 Å². The molecular weight excluding hydrogens is 140 g/mol. The van der Waals surface area contributed by atoms with E-state index < -0.39 is 0 Å². The van der Waals surface area contributed by atoms with Gasteiger partial charge in [-0.05, 0) is 33.2 Å².